The molecule has 0 saturated carbocycles. The molecular formula is C49H80O6. The molecule has 0 radical (unpaired) electrons. The lowest BCUT2D eigenvalue weighted by Gasteiger charge is -2.18. The Morgan fingerprint density at radius 2 is 0.745 bits per heavy atom. The molecule has 0 aliphatic rings. The van der Waals surface area contributed by atoms with Crippen LogP contribution in [0.1, 0.15) is 188 Å². The van der Waals surface area contributed by atoms with Gasteiger partial charge in [0.25, 0.3) is 0 Å². The van der Waals surface area contributed by atoms with E-state index in [2.05, 4.69) is 51.2 Å². The molecule has 0 bridgehead atoms. The van der Waals surface area contributed by atoms with Crippen LogP contribution in [0.4, 0.5) is 0 Å². The lowest BCUT2D eigenvalue weighted by atomic mass is 10.1. The Hall–Kier alpha value is -3.41. The molecule has 1 unspecified atom stereocenters. The molecule has 55 heavy (non-hydrogen) atoms. The maximum absolute atomic E-state index is 12.7. The van der Waals surface area contributed by atoms with E-state index in [4.69, 9.17) is 14.2 Å². The number of carbonyl (C=O) groups is 3. The molecule has 0 fully saturated rings. The highest BCUT2D eigenvalue weighted by Gasteiger charge is 2.19. The van der Waals surface area contributed by atoms with Crippen molar-refractivity contribution in [3.8, 4) is 0 Å². The Balaban J connectivity index is 4.54. The molecule has 6 nitrogen and oxygen atoms in total. The maximum Gasteiger partial charge on any atom is 0.306 e. The lowest BCUT2D eigenvalue weighted by molar-refractivity contribution is -0.167. The van der Waals surface area contributed by atoms with E-state index in [1.165, 1.54) is 64.2 Å². The first-order valence-corrected chi connectivity index (χ1v) is 22.2. The summed E-state index contributed by atoms with van der Waals surface area (Å²) in [4.78, 5) is 37.7. The second-order valence-corrected chi connectivity index (χ2v) is 14.3. The predicted molar refractivity (Wildman–Crippen MR) is 233 cm³/mol. The van der Waals surface area contributed by atoms with Crippen molar-refractivity contribution in [3.63, 3.8) is 0 Å². The average Bonchev–Trinajstić information content (AvgIpc) is 3.18. The van der Waals surface area contributed by atoms with Gasteiger partial charge in [-0.1, -0.05) is 170 Å². The highest BCUT2D eigenvalue weighted by Crippen LogP contribution is 2.12. The van der Waals surface area contributed by atoms with E-state index < -0.39 is 6.10 Å². The summed E-state index contributed by atoms with van der Waals surface area (Å²) in [6.07, 6.45) is 54.3. The van der Waals surface area contributed by atoms with E-state index in [9.17, 15) is 14.4 Å². The molecule has 0 rings (SSSR count). The predicted octanol–water partition coefficient (Wildman–Crippen LogP) is 14.1. The molecule has 0 aromatic heterocycles. The van der Waals surface area contributed by atoms with Crippen LogP contribution in [0.15, 0.2) is 85.1 Å². The molecule has 0 aliphatic heterocycles. The lowest BCUT2D eigenvalue weighted by Crippen LogP contribution is -2.30. The van der Waals surface area contributed by atoms with Crippen LogP contribution in [0.2, 0.25) is 0 Å². The Bertz CT molecular complexity index is 1110. The molecule has 1 atom stereocenters. The van der Waals surface area contributed by atoms with E-state index in [1.54, 1.807) is 0 Å². The number of unbranched alkanes of at least 4 members (excludes halogenated alkanes) is 17. The van der Waals surface area contributed by atoms with E-state index in [0.29, 0.717) is 19.3 Å². The van der Waals surface area contributed by atoms with Gasteiger partial charge in [-0.05, 0) is 83.5 Å². The van der Waals surface area contributed by atoms with Crippen LogP contribution in [0.25, 0.3) is 0 Å². The zero-order valence-corrected chi connectivity index (χ0v) is 35.4. The molecule has 0 spiro atoms. The van der Waals surface area contributed by atoms with Crippen LogP contribution in [0.5, 0.6) is 0 Å². The summed E-state index contributed by atoms with van der Waals surface area (Å²) in [7, 11) is 0. The number of ether oxygens (including phenoxy) is 3. The number of carbonyl (C=O) groups excluding carboxylic acids is 3. The molecule has 0 N–H and O–H groups in total. The summed E-state index contributed by atoms with van der Waals surface area (Å²) in [5, 5.41) is 0. The van der Waals surface area contributed by atoms with E-state index >= 15 is 0 Å². The number of allylic oxidation sites excluding steroid dienone is 14. The standard InChI is InChI=1S/C49H80O6/c1-4-7-10-13-16-19-22-25-28-30-33-36-39-42-48(51)54-45-46(55-49(52)43-40-37-34-31-27-24-21-18-15-12-9-6-3)44-53-47(50)41-38-35-32-29-26-23-20-17-14-11-8-5-2/h7,10,13,16-22,25,28,30,33,46H,4-6,8-9,11-12,14-15,23-24,26-27,29,31-32,34-45H2,1-3H3/b10-7-,16-13-,20-17-,21-18-,22-19-,28-25-,33-30-. The second-order valence-electron chi connectivity index (χ2n) is 14.3. The smallest absolute Gasteiger partial charge is 0.306 e. The molecule has 6 heteroatoms. The minimum Gasteiger partial charge on any atom is -0.462 e. The van der Waals surface area contributed by atoms with Gasteiger partial charge in [0, 0.05) is 19.3 Å². The summed E-state index contributed by atoms with van der Waals surface area (Å²) < 4.78 is 16.6. The van der Waals surface area contributed by atoms with Crippen molar-refractivity contribution < 1.29 is 28.6 Å². The monoisotopic (exact) mass is 765 g/mol. The first-order valence-electron chi connectivity index (χ1n) is 22.2. The van der Waals surface area contributed by atoms with Gasteiger partial charge in [-0.15, -0.1) is 0 Å². The number of hydrogen-bond acceptors (Lipinski definition) is 6. The van der Waals surface area contributed by atoms with Crippen LogP contribution in [-0.2, 0) is 28.6 Å². The SMILES string of the molecule is CC\C=C/C=C\C=C/C=C\C=C/CCCC(=O)OCC(COC(=O)CCCCCCC/C=C\CCCCC)OC(=O)CCCCCCC/C=C\CCCCC. The quantitative estimate of drug-likeness (QED) is 0.0205. The Kier molecular flexibility index (Phi) is 40.6. The van der Waals surface area contributed by atoms with Gasteiger partial charge in [0.1, 0.15) is 13.2 Å². The minimum absolute atomic E-state index is 0.108. The van der Waals surface area contributed by atoms with Gasteiger partial charge in [-0.3, -0.25) is 14.4 Å². The third kappa shape index (κ3) is 41.6. The zero-order valence-electron chi connectivity index (χ0n) is 35.4. The van der Waals surface area contributed by atoms with Crippen LogP contribution in [0, 0.1) is 0 Å². The first kappa shape index (κ1) is 51.6. The van der Waals surface area contributed by atoms with Crippen molar-refractivity contribution >= 4 is 17.9 Å². The summed E-state index contributed by atoms with van der Waals surface area (Å²) in [5.74, 6) is -1.01. The molecular weight excluding hydrogens is 685 g/mol. The van der Waals surface area contributed by atoms with E-state index in [-0.39, 0.29) is 37.5 Å². The van der Waals surface area contributed by atoms with Gasteiger partial charge in [-0.2, -0.15) is 0 Å². The van der Waals surface area contributed by atoms with Crippen LogP contribution >= 0.6 is 0 Å². The fourth-order valence-corrected chi connectivity index (χ4v) is 5.64. The number of rotatable bonds is 38. The third-order valence-electron chi connectivity index (χ3n) is 8.98. The van der Waals surface area contributed by atoms with Crippen LogP contribution in [0.3, 0.4) is 0 Å². The molecule has 0 heterocycles. The fourth-order valence-electron chi connectivity index (χ4n) is 5.64. The number of hydrogen-bond donors (Lipinski definition) is 0. The normalized spacial score (nSPS) is 12.9. The molecule has 0 aliphatic carbocycles. The third-order valence-corrected chi connectivity index (χ3v) is 8.98. The Morgan fingerprint density at radius 3 is 1.22 bits per heavy atom. The van der Waals surface area contributed by atoms with Crippen molar-refractivity contribution in [3.05, 3.63) is 85.1 Å². The van der Waals surface area contributed by atoms with Gasteiger partial charge >= 0.3 is 17.9 Å². The second kappa shape index (κ2) is 43.3. The molecule has 0 aromatic carbocycles. The molecule has 0 saturated heterocycles. The molecule has 312 valence electrons. The Labute approximate surface area is 337 Å². The van der Waals surface area contributed by atoms with Gasteiger partial charge < -0.3 is 14.2 Å². The van der Waals surface area contributed by atoms with Crippen molar-refractivity contribution in [2.24, 2.45) is 0 Å². The topological polar surface area (TPSA) is 78.9 Å². The zero-order chi connectivity index (χ0) is 40.1. The molecule has 0 aromatic rings. The van der Waals surface area contributed by atoms with Gasteiger partial charge in [0.05, 0.1) is 0 Å². The number of esters is 3. The summed E-state index contributed by atoms with van der Waals surface area (Å²) in [6.45, 7) is 6.33. The summed E-state index contributed by atoms with van der Waals surface area (Å²) in [6, 6.07) is 0. The highest BCUT2D eigenvalue weighted by molar-refractivity contribution is 5.71. The minimum atomic E-state index is -0.810. The van der Waals surface area contributed by atoms with Crippen molar-refractivity contribution in [1.82, 2.24) is 0 Å². The molecule has 0 amide bonds. The fraction of sp³-hybridized carbons (Fsp3) is 0.653. The summed E-state index contributed by atoms with van der Waals surface area (Å²) in [5.41, 5.74) is 0. The van der Waals surface area contributed by atoms with E-state index in [1.807, 2.05) is 54.7 Å². The maximum atomic E-state index is 12.7. The average molecular weight is 765 g/mol. The largest absolute Gasteiger partial charge is 0.462 e. The van der Waals surface area contributed by atoms with Gasteiger partial charge in [0.2, 0.25) is 0 Å². The highest BCUT2D eigenvalue weighted by atomic mass is 16.6. The van der Waals surface area contributed by atoms with Crippen molar-refractivity contribution in [2.45, 2.75) is 194 Å². The van der Waals surface area contributed by atoms with E-state index in [0.717, 1.165) is 77.0 Å². The van der Waals surface area contributed by atoms with Crippen LogP contribution in [-0.4, -0.2) is 37.2 Å². The van der Waals surface area contributed by atoms with Gasteiger partial charge in [-0.25, -0.2) is 0 Å². The summed E-state index contributed by atoms with van der Waals surface area (Å²) >= 11 is 0. The van der Waals surface area contributed by atoms with Gasteiger partial charge in [0.15, 0.2) is 6.10 Å². The van der Waals surface area contributed by atoms with Crippen molar-refractivity contribution in [1.29, 1.82) is 0 Å². The van der Waals surface area contributed by atoms with Crippen molar-refractivity contribution in [2.75, 3.05) is 13.2 Å². The first-order chi connectivity index (χ1) is 27.0. The van der Waals surface area contributed by atoms with Crippen LogP contribution < -0.4 is 0 Å². The Morgan fingerprint density at radius 1 is 0.382 bits per heavy atom.